The van der Waals surface area contributed by atoms with Gasteiger partial charge in [-0.3, -0.25) is 4.79 Å². The lowest BCUT2D eigenvalue weighted by Gasteiger charge is -2.10. The molecule has 1 amide bonds. The van der Waals surface area contributed by atoms with Crippen LogP contribution in [-0.2, 0) is 9.53 Å². The monoisotopic (exact) mass is 458 g/mol. The number of aryl methyl sites for hydroxylation is 1. The molecule has 0 aliphatic rings. The molecule has 0 bridgehead atoms. The number of ether oxygens (including phenoxy) is 2. The first kappa shape index (κ1) is 23.0. The molecular formula is C26H26N4O4. The summed E-state index contributed by atoms with van der Waals surface area (Å²) >= 11 is 0. The maximum atomic E-state index is 13.1. The van der Waals surface area contributed by atoms with Crippen LogP contribution in [0.1, 0.15) is 29.4 Å². The number of para-hydroxylation sites is 1. The van der Waals surface area contributed by atoms with Gasteiger partial charge in [0.2, 0.25) is 0 Å². The maximum Gasteiger partial charge on any atom is 0.339 e. The van der Waals surface area contributed by atoms with Crippen molar-refractivity contribution in [2.75, 3.05) is 20.3 Å². The lowest BCUT2D eigenvalue weighted by Crippen LogP contribution is -2.29. The van der Waals surface area contributed by atoms with E-state index in [1.54, 1.807) is 17.9 Å². The number of pyridine rings is 1. The third-order valence-electron chi connectivity index (χ3n) is 5.33. The number of amides is 1. The van der Waals surface area contributed by atoms with E-state index in [-0.39, 0.29) is 12.5 Å². The normalized spacial score (nSPS) is 10.8. The molecule has 2 aromatic carbocycles. The molecule has 174 valence electrons. The van der Waals surface area contributed by atoms with Crippen LogP contribution in [0.2, 0.25) is 0 Å². The summed E-state index contributed by atoms with van der Waals surface area (Å²) in [5, 5.41) is 7.94. The van der Waals surface area contributed by atoms with E-state index in [0.29, 0.717) is 40.3 Å². The number of methoxy groups -OCH3 is 1. The van der Waals surface area contributed by atoms with Crippen LogP contribution >= 0.6 is 0 Å². The smallest absolute Gasteiger partial charge is 0.339 e. The molecule has 2 aromatic heterocycles. The Labute approximate surface area is 197 Å². The number of hydrogen-bond donors (Lipinski definition) is 1. The Morgan fingerprint density at radius 2 is 1.79 bits per heavy atom. The third kappa shape index (κ3) is 4.76. The van der Waals surface area contributed by atoms with E-state index in [1.807, 2.05) is 68.4 Å². The Kier molecular flexibility index (Phi) is 6.87. The van der Waals surface area contributed by atoms with Gasteiger partial charge in [-0.2, -0.15) is 5.10 Å². The first-order valence-electron chi connectivity index (χ1n) is 11.1. The fraction of sp³-hybridized carbons (Fsp3) is 0.231. The first-order chi connectivity index (χ1) is 16.5. The van der Waals surface area contributed by atoms with Crippen molar-refractivity contribution < 1.29 is 19.1 Å². The predicted octanol–water partition coefficient (Wildman–Crippen LogP) is 4.09. The fourth-order valence-corrected chi connectivity index (χ4v) is 3.63. The van der Waals surface area contributed by atoms with E-state index in [4.69, 9.17) is 14.5 Å². The molecule has 0 unspecified atom stereocenters. The number of aromatic nitrogens is 3. The number of nitrogens with one attached hydrogen (secondary N) is 1. The second-order valence-corrected chi connectivity index (χ2v) is 7.74. The standard InChI is InChI=1S/C26H26N4O4/c1-4-14-27-23(31)16-34-26(32)21-15-22(18-10-12-20(33-3)13-11-18)28-25-24(21)17(2)29-30(25)19-8-6-5-7-9-19/h5-13,15H,4,14,16H2,1-3H3,(H,27,31). The van der Waals surface area contributed by atoms with E-state index in [2.05, 4.69) is 10.4 Å². The number of carbonyl (C=O) groups is 2. The zero-order chi connectivity index (χ0) is 24.1. The number of rotatable bonds is 8. The van der Waals surface area contributed by atoms with E-state index in [1.165, 1.54) is 0 Å². The number of carbonyl (C=O) groups excluding carboxylic acids is 2. The van der Waals surface area contributed by atoms with Crippen molar-refractivity contribution in [2.45, 2.75) is 20.3 Å². The van der Waals surface area contributed by atoms with Crippen molar-refractivity contribution in [3.05, 3.63) is 71.9 Å². The highest BCUT2D eigenvalue weighted by Gasteiger charge is 2.22. The second kappa shape index (κ2) is 10.2. The van der Waals surface area contributed by atoms with Crippen molar-refractivity contribution in [2.24, 2.45) is 0 Å². The quantitative estimate of drug-likeness (QED) is 0.400. The zero-order valence-corrected chi connectivity index (χ0v) is 19.4. The van der Waals surface area contributed by atoms with E-state index < -0.39 is 5.97 Å². The van der Waals surface area contributed by atoms with Crippen molar-refractivity contribution in [1.29, 1.82) is 0 Å². The summed E-state index contributed by atoms with van der Waals surface area (Å²) in [5.74, 6) is -0.232. The van der Waals surface area contributed by atoms with Gasteiger partial charge in [-0.05, 0) is 55.8 Å². The molecule has 34 heavy (non-hydrogen) atoms. The van der Waals surface area contributed by atoms with Crippen LogP contribution in [-0.4, -0.2) is 46.9 Å². The minimum Gasteiger partial charge on any atom is -0.497 e. The summed E-state index contributed by atoms with van der Waals surface area (Å²) in [4.78, 5) is 30.0. The summed E-state index contributed by atoms with van der Waals surface area (Å²) in [6.45, 7) is 3.95. The molecule has 1 N–H and O–H groups in total. The Balaban J connectivity index is 1.81. The van der Waals surface area contributed by atoms with Gasteiger partial charge >= 0.3 is 5.97 Å². The van der Waals surface area contributed by atoms with Gasteiger partial charge in [-0.1, -0.05) is 25.1 Å². The highest BCUT2D eigenvalue weighted by Crippen LogP contribution is 2.30. The molecule has 0 atom stereocenters. The summed E-state index contributed by atoms with van der Waals surface area (Å²) in [6.07, 6.45) is 0.799. The van der Waals surface area contributed by atoms with Crippen LogP contribution in [0.4, 0.5) is 0 Å². The SMILES string of the molecule is CCCNC(=O)COC(=O)c1cc(-c2ccc(OC)cc2)nc2c1c(C)nn2-c1ccccc1. The van der Waals surface area contributed by atoms with Crippen LogP contribution < -0.4 is 10.1 Å². The fourth-order valence-electron chi connectivity index (χ4n) is 3.63. The van der Waals surface area contributed by atoms with Gasteiger partial charge in [0.05, 0.1) is 35.1 Å². The average Bonchev–Trinajstić information content (AvgIpc) is 3.22. The Hall–Kier alpha value is -4.20. The molecule has 0 radical (unpaired) electrons. The first-order valence-corrected chi connectivity index (χ1v) is 11.1. The van der Waals surface area contributed by atoms with Crippen molar-refractivity contribution in [1.82, 2.24) is 20.1 Å². The molecule has 4 aromatic rings. The molecular weight excluding hydrogens is 432 g/mol. The Bertz CT molecular complexity index is 1310. The summed E-state index contributed by atoms with van der Waals surface area (Å²) < 4.78 is 12.3. The van der Waals surface area contributed by atoms with Gasteiger partial charge in [0.25, 0.3) is 5.91 Å². The predicted molar refractivity (Wildman–Crippen MR) is 129 cm³/mol. The Morgan fingerprint density at radius 1 is 1.06 bits per heavy atom. The summed E-state index contributed by atoms with van der Waals surface area (Å²) in [7, 11) is 1.60. The van der Waals surface area contributed by atoms with E-state index in [9.17, 15) is 9.59 Å². The van der Waals surface area contributed by atoms with Gasteiger partial charge in [0.15, 0.2) is 12.3 Å². The van der Waals surface area contributed by atoms with E-state index in [0.717, 1.165) is 17.7 Å². The lowest BCUT2D eigenvalue weighted by molar-refractivity contribution is -0.124. The third-order valence-corrected chi connectivity index (χ3v) is 5.33. The number of benzene rings is 2. The average molecular weight is 459 g/mol. The minimum absolute atomic E-state index is 0.304. The van der Waals surface area contributed by atoms with Crippen LogP contribution in [0.15, 0.2) is 60.7 Å². The molecule has 0 fully saturated rings. The van der Waals surface area contributed by atoms with E-state index >= 15 is 0 Å². The van der Waals surface area contributed by atoms with Gasteiger partial charge in [-0.15, -0.1) is 0 Å². The van der Waals surface area contributed by atoms with Gasteiger partial charge in [-0.25, -0.2) is 14.5 Å². The number of esters is 1. The van der Waals surface area contributed by atoms with Crippen LogP contribution in [0.5, 0.6) is 5.75 Å². The zero-order valence-electron chi connectivity index (χ0n) is 19.4. The second-order valence-electron chi connectivity index (χ2n) is 7.74. The maximum absolute atomic E-state index is 13.1. The van der Waals surface area contributed by atoms with Crippen molar-refractivity contribution in [3.8, 4) is 22.7 Å². The molecule has 2 heterocycles. The number of hydrogen-bond acceptors (Lipinski definition) is 6. The minimum atomic E-state index is -0.607. The van der Waals surface area contributed by atoms with Crippen LogP contribution in [0, 0.1) is 6.92 Å². The van der Waals surface area contributed by atoms with Gasteiger partial charge < -0.3 is 14.8 Å². The number of fused-ring (bicyclic) bond motifs is 1. The molecule has 0 aliphatic carbocycles. The van der Waals surface area contributed by atoms with Crippen LogP contribution in [0.25, 0.3) is 28.0 Å². The molecule has 8 heteroatoms. The molecule has 0 spiro atoms. The van der Waals surface area contributed by atoms with Crippen molar-refractivity contribution >= 4 is 22.9 Å². The van der Waals surface area contributed by atoms with Gasteiger partial charge in [0.1, 0.15) is 5.75 Å². The topological polar surface area (TPSA) is 95.3 Å². The summed E-state index contributed by atoms with van der Waals surface area (Å²) in [6, 6.07) is 18.7. The van der Waals surface area contributed by atoms with Gasteiger partial charge in [0, 0.05) is 12.1 Å². The number of nitrogens with zero attached hydrogens (tertiary/aromatic N) is 3. The molecule has 8 nitrogen and oxygen atoms in total. The molecule has 0 saturated heterocycles. The summed E-state index contributed by atoms with van der Waals surface area (Å²) in [5.41, 5.74) is 3.66. The highest BCUT2D eigenvalue weighted by molar-refractivity contribution is 6.05. The van der Waals surface area contributed by atoms with Crippen LogP contribution in [0.3, 0.4) is 0 Å². The molecule has 4 rings (SSSR count). The largest absolute Gasteiger partial charge is 0.497 e. The lowest BCUT2D eigenvalue weighted by atomic mass is 10.1. The van der Waals surface area contributed by atoms with Crippen molar-refractivity contribution in [3.63, 3.8) is 0 Å². The highest BCUT2D eigenvalue weighted by atomic mass is 16.5. The Morgan fingerprint density at radius 3 is 2.47 bits per heavy atom. The molecule has 0 aliphatic heterocycles. The molecule has 0 saturated carbocycles.